The fourth-order valence-corrected chi connectivity index (χ4v) is 8.86. The lowest BCUT2D eigenvalue weighted by molar-refractivity contribution is 0.0828. The van der Waals surface area contributed by atoms with Crippen molar-refractivity contribution in [2.45, 2.75) is 42.7 Å². The number of aromatic nitrogens is 5. The normalized spacial score (nSPS) is 20.4. The van der Waals surface area contributed by atoms with E-state index in [4.69, 9.17) is 17.3 Å². The first-order chi connectivity index (χ1) is 21.2. The van der Waals surface area contributed by atoms with Crippen LogP contribution in [0.1, 0.15) is 31.7 Å². The van der Waals surface area contributed by atoms with E-state index >= 15 is 4.39 Å². The molecule has 0 spiro atoms. The summed E-state index contributed by atoms with van der Waals surface area (Å²) in [4.78, 5) is 13.5. The maximum Gasteiger partial charge on any atom is 0.265 e. The molecular formula is C29H31ClFN9O2S2. The minimum atomic E-state index is -4.28. The van der Waals surface area contributed by atoms with Crippen LogP contribution in [0.5, 0.6) is 0 Å². The van der Waals surface area contributed by atoms with E-state index < -0.39 is 15.8 Å². The molecule has 0 atom stereocenters. The van der Waals surface area contributed by atoms with Crippen molar-refractivity contribution >= 4 is 66.9 Å². The first-order valence-electron chi connectivity index (χ1n) is 14.5. The van der Waals surface area contributed by atoms with Gasteiger partial charge in [0.1, 0.15) is 39.5 Å². The molecular weight excluding hydrogens is 625 g/mol. The molecule has 2 fully saturated rings. The van der Waals surface area contributed by atoms with Crippen molar-refractivity contribution in [3.63, 3.8) is 0 Å². The molecule has 7 rings (SSSR count). The van der Waals surface area contributed by atoms with Crippen LogP contribution in [0.2, 0.25) is 5.02 Å². The van der Waals surface area contributed by atoms with Gasteiger partial charge in [-0.1, -0.05) is 17.7 Å². The number of nitrogen functional groups attached to an aromatic ring is 1. The first kappa shape index (κ1) is 29.3. The standard InChI is InChI=1S/C29H31ClFN9O2S2/c1-38-10-12-39(13-11-38)18-3-5-19(6-4-18)40-15-20(25-28(32)33-16-34-29(25)40)17-2-8-23(22(31)14-17)37-44(41,42)27-21(30)7-9-24-26(27)36-43-35-24/h2,7-9,14-16,18-19,37H,3-6,10-13H2,1H3,(H2,32,33,34). The number of sulfonamides is 1. The third-order valence-electron chi connectivity index (χ3n) is 8.88. The number of fused-ring (bicyclic) bond motifs is 2. The van der Waals surface area contributed by atoms with Gasteiger partial charge in [-0.05, 0) is 62.6 Å². The summed E-state index contributed by atoms with van der Waals surface area (Å²) in [6, 6.07) is 8.16. The number of hydrogen-bond donors (Lipinski definition) is 2. The Morgan fingerprint density at radius 1 is 1.02 bits per heavy atom. The highest BCUT2D eigenvalue weighted by Gasteiger charge is 2.30. The molecule has 1 saturated heterocycles. The van der Waals surface area contributed by atoms with E-state index in [1.165, 1.54) is 24.5 Å². The second kappa shape index (κ2) is 11.5. The summed E-state index contributed by atoms with van der Waals surface area (Å²) >= 11 is 7.11. The van der Waals surface area contributed by atoms with Crippen molar-refractivity contribution in [2.24, 2.45) is 0 Å². The molecule has 1 aliphatic carbocycles. The predicted octanol–water partition coefficient (Wildman–Crippen LogP) is 5.01. The number of nitrogens with one attached hydrogen (secondary N) is 1. The van der Waals surface area contributed by atoms with E-state index in [2.05, 4.69) is 44.9 Å². The third kappa shape index (κ3) is 5.28. The second-order valence-electron chi connectivity index (χ2n) is 11.5. The summed E-state index contributed by atoms with van der Waals surface area (Å²) in [5.74, 6) is -0.450. The average Bonchev–Trinajstić information content (AvgIpc) is 3.64. The highest BCUT2D eigenvalue weighted by molar-refractivity contribution is 7.93. The molecule has 3 aromatic heterocycles. The molecule has 5 aromatic rings. The summed E-state index contributed by atoms with van der Waals surface area (Å²) in [5, 5.41) is 0.617. The molecule has 4 heterocycles. The van der Waals surface area contributed by atoms with E-state index in [0.29, 0.717) is 39.5 Å². The van der Waals surface area contributed by atoms with Crippen molar-refractivity contribution in [2.75, 3.05) is 43.7 Å². The third-order valence-corrected chi connectivity index (χ3v) is 11.3. The minimum Gasteiger partial charge on any atom is -0.383 e. The Morgan fingerprint density at radius 2 is 1.77 bits per heavy atom. The van der Waals surface area contributed by atoms with Crippen LogP contribution in [0.25, 0.3) is 33.2 Å². The smallest absolute Gasteiger partial charge is 0.265 e. The summed E-state index contributed by atoms with van der Waals surface area (Å²) < 4.78 is 54.8. The van der Waals surface area contributed by atoms with Gasteiger partial charge < -0.3 is 15.2 Å². The summed E-state index contributed by atoms with van der Waals surface area (Å²) in [6.45, 7) is 4.42. The molecule has 3 N–H and O–H groups in total. The lowest BCUT2D eigenvalue weighted by Crippen LogP contribution is -2.49. The highest BCUT2D eigenvalue weighted by Crippen LogP contribution is 2.40. The lowest BCUT2D eigenvalue weighted by Gasteiger charge is -2.41. The quantitative estimate of drug-likeness (QED) is 0.259. The molecule has 2 aliphatic rings. The SMILES string of the molecule is CN1CCN(C2CCC(n3cc(-c4ccc(NS(=O)(=O)c5c(Cl)ccc6nsnc56)c(F)c4)c4c(N)ncnc43)CC2)CC1. The maximum atomic E-state index is 15.6. The number of likely N-dealkylation sites (N-methyl/N-ethyl adjacent to an activating group) is 1. The molecule has 0 amide bonds. The Bertz CT molecular complexity index is 1970. The number of hydrogen-bond acceptors (Lipinski definition) is 10. The molecule has 1 aliphatic heterocycles. The van der Waals surface area contributed by atoms with Crippen molar-refractivity contribution in [1.29, 1.82) is 0 Å². The summed E-state index contributed by atoms with van der Waals surface area (Å²) in [6.07, 6.45) is 7.64. The molecule has 0 radical (unpaired) electrons. The average molecular weight is 656 g/mol. The molecule has 44 heavy (non-hydrogen) atoms. The van der Waals surface area contributed by atoms with Gasteiger partial charge in [0.05, 0.1) is 27.8 Å². The van der Waals surface area contributed by atoms with Crippen LogP contribution in [-0.2, 0) is 10.0 Å². The van der Waals surface area contributed by atoms with Crippen LogP contribution in [0.15, 0.2) is 47.8 Å². The Hall–Kier alpha value is -3.43. The zero-order valence-electron chi connectivity index (χ0n) is 23.9. The number of piperazine rings is 1. The Balaban J connectivity index is 1.17. The van der Waals surface area contributed by atoms with Crippen molar-refractivity contribution < 1.29 is 12.8 Å². The monoisotopic (exact) mass is 655 g/mol. The first-order valence-corrected chi connectivity index (χ1v) is 17.1. The number of nitrogens with two attached hydrogens (primary N) is 1. The maximum absolute atomic E-state index is 15.6. The van der Waals surface area contributed by atoms with Gasteiger partial charge in [-0.15, -0.1) is 0 Å². The van der Waals surface area contributed by atoms with Crippen LogP contribution >= 0.6 is 23.3 Å². The Kier molecular flexibility index (Phi) is 7.65. The number of rotatable bonds is 6. The number of benzene rings is 2. The van der Waals surface area contributed by atoms with E-state index in [1.54, 1.807) is 12.1 Å². The van der Waals surface area contributed by atoms with Gasteiger partial charge in [0.15, 0.2) is 0 Å². The minimum absolute atomic E-state index is 0.0319. The summed E-state index contributed by atoms with van der Waals surface area (Å²) in [5.41, 5.74) is 8.58. The number of halogens is 2. The fourth-order valence-electron chi connectivity index (χ4n) is 6.51. The van der Waals surface area contributed by atoms with Gasteiger partial charge in [-0.3, -0.25) is 9.62 Å². The Labute approximate surface area is 263 Å². The largest absolute Gasteiger partial charge is 0.383 e. The lowest BCUT2D eigenvalue weighted by atomic mass is 9.89. The van der Waals surface area contributed by atoms with Crippen LogP contribution in [-0.4, -0.2) is 80.8 Å². The zero-order valence-corrected chi connectivity index (χ0v) is 26.3. The van der Waals surface area contributed by atoms with Gasteiger partial charge in [0, 0.05) is 50.0 Å². The van der Waals surface area contributed by atoms with Crippen LogP contribution < -0.4 is 10.5 Å². The zero-order chi connectivity index (χ0) is 30.6. The van der Waals surface area contributed by atoms with E-state index in [9.17, 15) is 8.42 Å². The van der Waals surface area contributed by atoms with E-state index in [1.807, 2.05) is 6.20 Å². The fraction of sp³-hybridized carbons (Fsp3) is 0.379. The van der Waals surface area contributed by atoms with E-state index in [0.717, 1.165) is 63.6 Å². The van der Waals surface area contributed by atoms with E-state index in [-0.39, 0.29) is 27.2 Å². The van der Waals surface area contributed by atoms with Gasteiger partial charge in [0.2, 0.25) is 0 Å². The van der Waals surface area contributed by atoms with Gasteiger partial charge in [0.25, 0.3) is 10.0 Å². The predicted molar refractivity (Wildman–Crippen MR) is 171 cm³/mol. The highest BCUT2D eigenvalue weighted by atomic mass is 35.5. The molecule has 0 unspecified atom stereocenters. The van der Waals surface area contributed by atoms with Crippen molar-refractivity contribution in [3.05, 3.63) is 53.7 Å². The van der Waals surface area contributed by atoms with Crippen molar-refractivity contribution in [1.82, 2.24) is 33.1 Å². The molecule has 0 bridgehead atoms. The summed E-state index contributed by atoms with van der Waals surface area (Å²) in [7, 11) is -2.10. The van der Waals surface area contributed by atoms with Crippen molar-refractivity contribution in [3.8, 4) is 11.1 Å². The molecule has 11 nitrogen and oxygen atoms in total. The Morgan fingerprint density at radius 3 is 2.52 bits per heavy atom. The molecule has 230 valence electrons. The second-order valence-corrected chi connectivity index (χ2v) is 14.1. The molecule has 15 heteroatoms. The van der Waals surface area contributed by atoms with Crippen LogP contribution in [0.4, 0.5) is 15.9 Å². The van der Waals surface area contributed by atoms with Crippen LogP contribution in [0, 0.1) is 5.82 Å². The van der Waals surface area contributed by atoms with Gasteiger partial charge in [-0.2, -0.15) is 8.75 Å². The van der Waals surface area contributed by atoms with Gasteiger partial charge >= 0.3 is 0 Å². The number of anilines is 2. The topological polar surface area (TPSA) is 135 Å². The van der Waals surface area contributed by atoms with Gasteiger partial charge in [-0.25, -0.2) is 22.8 Å². The van der Waals surface area contributed by atoms with Crippen LogP contribution in [0.3, 0.4) is 0 Å². The molecule has 2 aromatic carbocycles. The molecule has 1 saturated carbocycles. The number of nitrogens with zero attached hydrogens (tertiary/aromatic N) is 7.